The minimum absolute atomic E-state index is 0.411. The zero-order valence-corrected chi connectivity index (χ0v) is 18.3. The molecule has 7 nitrogen and oxygen atoms in total. The van der Waals surface area contributed by atoms with Gasteiger partial charge in [-0.2, -0.15) is 5.10 Å². The quantitative estimate of drug-likeness (QED) is 0.301. The summed E-state index contributed by atoms with van der Waals surface area (Å²) in [7, 11) is 1.54. The highest BCUT2D eigenvalue weighted by Gasteiger charge is 2.13. The third kappa shape index (κ3) is 6.68. The van der Waals surface area contributed by atoms with Crippen molar-refractivity contribution in [2.45, 2.75) is 6.61 Å². The van der Waals surface area contributed by atoms with E-state index in [4.69, 9.17) is 9.47 Å². The van der Waals surface area contributed by atoms with Crippen LogP contribution >= 0.6 is 15.9 Å². The van der Waals surface area contributed by atoms with Crippen molar-refractivity contribution in [3.05, 3.63) is 88.4 Å². The highest BCUT2D eigenvalue weighted by Crippen LogP contribution is 2.28. The SMILES string of the molecule is COc1cc(C=NNC(=O)C(=O)Nc2ccc(Br)cc2)ccc1OCc1ccccc1. The zero-order chi connectivity index (χ0) is 22.1. The van der Waals surface area contributed by atoms with Gasteiger partial charge in [0.05, 0.1) is 13.3 Å². The van der Waals surface area contributed by atoms with Gasteiger partial charge in [-0.25, -0.2) is 5.43 Å². The Kier molecular flexibility index (Phi) is 7.78. The lowest BCUT2D eigenvalue weighted by Gasteiger charge is -2.11. The lowest BCUT2D eigenvalue weighted by Crippen LogP contribution is -2.32. The van der Waals surface area contributed by atoms with Crippen LogP contribution in [0.3, 0.4) is 0 Å². The predicted molar refractivity (Wildman–Crippen MR) is 122 cm³/mol. The molecule has 158 valence electrons. The Balaban J connectivity index is 1.55. The van der Waals surface area contributed by atoms with Gasteiger partial charge in [0.1, 0.15) is 6.61 Å². The van der Waals surface area contributed by atoms with Crippen LogP contribution in [0.25, 0.3) is 0 Å². The van der Waals surface area contributed by atoms with Crippen LogP contribution in [0, 0.1) is 0 Å². The summed E-state index contributed by atoms with van der Waals surface area (Å²) < 4.78 is 12.1. The number of methoxy groups -OCH3 is 1. The first-order chi connectivity index (χ1) is 15.0. The van der Waals surface area contributed by atoms with E-state index in [2.05, 4.69) is 31.8 Å². The first-order valence-corrected chi connectivity index (χ1v) is 10.1. The Morgan fingerprint density at radius 1 is 0.968 bits per heavy atom. The molecule has 0 aliphatic rings. The highest BCUT2D eigenvalue weighted by molar-refractivity contribution is 9.10. The van der Waals surface area contributed by atoms with Crippen molar-refractivity contribution in [2.24, 2.45) is 5.10 Å². The molecule has 0 saturated heterocycles. The molecule has 0 unspecified atom stereocenters. The second-order valence-electron chi connectivity index (χ2n) is 6.34. The fourth-order valence-electron chi connectivity index (χ4n) is 2.56. The Bertz CT molecular complexity index is 1070. The number of anilines is 1. The zero-order valence-electron chi connectivity index (χ0n) is 16.7. The van der Waals surface area contributed by atoms with Gasteiger partial charge in [-0.05, 0) is 53.6 Å². The lowest BCUT2D eigenvalue weighted by molar-refractivity contribution is -0.136. The molecule has 0 atom stereocenters. The van der Waals surface area contributed by atoms with E-state index < -0.39 is 11.8 Å². The monoisotopic (exact) mass is 481 g/mol. The van der Waals surface area contributed by atoms with Crippen molar-refractivity contribution in [1.29, 1.82) is 0 Å². The molecule has 0 spiro atoms. The molecular formula is C23H20BrN3O4. The Morgan fingerprint density at radius 2 is 1.71 bits per heavy atom. The summed E-state index contributed by atoms with van der Waals surface area (Å²) >= 11 is 3.30. The van der Waals surface area contributed by atoms with Crippen LogP contribution in [0.5, 0.6) is 11.5 Å². The maximum Gasteiger partial charge on any atom is 0.329 e. The van der Waals surface area contributed by atoms with Gasteiger partial charge in [0.15, 0.2) is 11.5 Å². The number of carbonyl (C=O) groups excluding carboxylic acids is 2. The van der Waals surface area contributed by atoms with Crippen LogP contribution in [-0.4, -0.2) is 25.1 Å². The van der Waals surface area contributed by atoms with Crippen LogP contribution < -0.4 is 20.2 Å². The number of nitrogens with one attached hydrogen (secondary N) is 2. The van der Waals surface area contributed by atoms with Gasteiger partial charge < -0.3 is 14.8 Å². The van der Waals surface area contributed by atoms with E-state index in [1.165, 1.54) is 6.21 Å². The van der Waals surface area contributed by atoms with Crippen LogP contribution in [0.2, 0.25) is 0 Å². The lowest BCUT2D eigenvalue weighted by atomic mass is 10.2. The number of halogens is 1. The van der Waals surface area contributed by atoms with Crippen LogP contribution in [0.4, 0.5) is 5.69 Å². The summed E-state index contributed by atoms with van der Waals surface area (Å²) in [6.45, 7) is 0.411. The molecule has 0 aromatic heterocycles. The van der Waals surface area contributed by atoms with Crippen molar-refractivity contribution in [3.63, 3.8) is 0 Å². The number of rotatable bonds is 7. The molecule has 0 fully saturated rings. The number of hydrogen-bond acceptors (Lipinski definition) is 5. The molecule has 0 heterocycles. The summed E-state index contributed by atoms with van der Waals surface area (Å²) in [5.41, 5.74) is 4.41. The number of benzene rings is 3. The molecule has 0 aliphatic carbocycles. The van der Waals surface area contributed by atoms with Crippen molar-refractivity contribution >= 4 is 39.6 Å². The van der Waals surface area contributed by atoms with Crippen molar-refractivity contribution in [1.82, 2.24) is 5.43 Å². The van der Waals surface area contributed by atoms with Gasteiger partial charge in [-0.15, -0.1) is 0 Å². The fraction of sp³-hybridized carbons (Fsp3) is 0.0870. The topological polar surface area (TPSA) is 89.0 Å². The number of hydrazone groups is 1. The number of hydrogen-bond donors (Lipinski definition) is 2. The Hall–Kier alpha value is -3.65. The first kappa shape index (κ1) is 22.0. The summed E-state index contributed by atoms with van der Waals surface area (Å²) in [6, 6.07) is 21.9. The minimum atomic E-state index is -0.881. The molecular weight excluding hydrogens is 462 g/mol. The van der Waals surface area contributed by atoms with Crippen molar-refractivity contribution in [2.75, 3.05) is 12.4 Å². The Labute approximate surface area is 188 Å². The van der Waals surface area contributed by atoms with Crippen LogP contribution in [-0.2, 0) is 16.2 Å². The number of carbonyl (C=O) groups is 2. The summed E-state index contributed by atoms with van der Waals surface area (Å²) in [6.07, 6.45) is 1.41. The molecule has 2 N–H and O–H groups in total. The number of amides is 2. The van der Waals surface area contributed by atoms with Crippen molar-refractivity contribution in [3.8, 4) is 11.5 Å². The molecule has 31 heavy (non-hydrogen) atoms. The van der Waals surface area contributed by atoms with Crippen molar-refractivity contribution < 1.29 is 19.1 Å². The largest absolute Gasteiger partial charge is 0.493 e. The number of ether oxygens (including phenoxy) is 2. The molecule has 0 saturated carbocycles. The second-order valence-corrected chi connectivity index (χ2v) is 7.26. The maximum absolute atomic E-state index is 11.9. The van der Waals surface area contributed by atoms with Gasteiger partial charge in [0, 0.05) is 10.2 Å². The van der Waals surface area contributed by atoms with Gasteiger partial charge in [0.25, 0.3) is 0 Å². The molecule has 3 aromatic carbocycles. The molecule has 3 rings (SSSR count). The molecule has 3 aromatic rings. The van der Waals surface area contributed by atoms with E-state index in [-0.39, 0.29) is 0 Å². The van der Waals surface area contributed by atoms with E-state index in [9.17, 15) is 9.59 Å². The standard InChI is InChI=1S/C23H20BrN3O4/c1-30-21-13-17(7-12-20(21)31-15-16-5-3-2-4-6-16)14-25-27-23(29)22(28)26-19-10-8-18(24)9-11-19/h2-14H,15H2,1H3,(H,26,28)(H,27,29). The molecule has 8 heteroatoms. The van der Waals surface area contributed by atoms with E-state index in [0.717, 1.165) is 10.0 Å². The van der Waals surface area contributed by atoms with E-state index >= 15 is 0 Å². The predicted octanol–water partition coefficient (Wildman–Crippen LogP) is 4.13. The molecule has 2 amide bonds. The summed E-state index contributed by atoms with van der Waals surface area (Å²) in [4.78, 5) is 23.8. The average Bonchev–Trinajstić information content (AvgIpc) is 2.80. The van der Waals surface area contributed by atoms with Gasteiger partial charge >= 0.3 is 11.8 Å². The number of nitrogens with zero attached hydrogens (tertiary/aromatic N) is 1. The van der Waals surface area contributed by atoms with Gasteiger partial charge in [-0.3, -0.25) is 9.59 Å². The maximum atomic E-state index is 11.9. The molecule has 0 radical (unpaired) electrons. The normalized spacial score (nSPS) is 10.5. The van der Waals surface area contributed by atoms with Crippen LogP contribution in [0.15, 0.2) is 82.4 Å². The smallest absolute Gasteiger partial charge is 0.329 e. The fourth-order valence-corrected chi connectivity index (χ4v) is 2.82. The van der Waals surface area contributed by atoms with Crippen LogP contribution in [0.1, 0.15) is 11.1 Å². The average molecular weight is 482 g/mol. The van der Waals surface area contributed by atoms with E-state index in [1.54, 1.807) is 49.6 Å². The highest BCUT2D eigenvalue weighted by atomic mass is 79.9. The van der Waals surface area contributed by atoms with Gasteiger partial charge in [-0.1, -0.05) is 46.3 Å². The molecule has 0 bridgehead atoms. The first-order valence-electron chi connectivity index (χ1n) is 9.30. The Morgan fingerprint density at radius 3 is 2.42 bits per heavy atom. The van der Waals surface area contributed by atoms with Gasteiger partial charge in [0.2, 0.25) is 0 Å². The third-order valence-electron chi connectivity index (χ3n) is 4.11. The third-order valence-corrected chi connectivity index (χ3v) is 4.64. The van der Waals surface area contributed by atoms with E-state index in [1.807, 2.05) is 30.3 Å². The van der Waals surface area contributed by atoms with E-state index in [0.29, 0.717) is 29.4 Å². The summed E-state index contributed by atoms with van der Waals surface area (Å²) in [5.74, 6) is -0.587. The molecule has 0 aliphatic heterocycles. The summed E-state index contributed by atoms with van der Waals surface area (Å²) in [5, 5.41) is 6.32. The second kappa shape index (κ2) is 10.9. The minimum Gasteiger partial charge on any atom is -0.493 e.